The van der Waals surface area contributed by atoms with Crippen LogP contribution in [0.5, 0.6) is 11.5 Å². The van der Waals surface area contributed by atoms with Gasteiger partial charge in [0.2, 0.25) is 5.91 Å². The molecule has 1 amide bonds. The van der Waals surface area contributed by atoms with Crippen LogP contribution in [0.25, 0.3) is 0 Å². The van der Waals surface area contributed by atoms with E-state index in [-0.39, 0.29) is 11.4 Å². The topological polar surface area (TPSA) is 56.8 Å². The Morgan fingerprint density at radius 1 is 1.20 bits per heavy atom. The van der Waals surface area contributed by atoms with Crippen molar-refractivity contribution >= 4 is 5.91 Å². The molecule has 1 aromatic rings. The van der Waals surface area contributed by atoms with E-state index in [4.69, 9.17) is 14.2 Å². The highest BCUT2D eigenvalue weighted by molar-refractivity contribution is 5.77. The van der Waals surface area contributed by atoms with E-state index in [1.165, 1.54) is 0 Å². The fourth-order valence-corrected chi connectivity index (χ4v) is 2.27. The third-order valence-electron chi connectivity index (χ3n) is 3.60. The Hall–Kier alpha value is -1.75. The van der Waals surface area contributed by atoms with E-state index in [9.17, 15) is 4.79 Å². The van der Waals surface area contributed by atoms with Gasteiger partial charge in [0.15, 0.2) is 11.5 Å². The quantitative estimate of drug-likeness (QED) is 0.827. The lowest BCUT2D eigenvalue weighted by Crippen LogP contribution is -2.35. The molecular weight excluding hydrogens is 258 g/mol. The lowest BCUT2D eigenvalue weighted by Gasteiger charge is -2.19. The molecule has 1 fully saturated rings. The van der Waals surface area contributed by atoms with Gasteiger partial charge in [-0.05, 0) is 30.5 Å². The van der Waals surface area contributed by atoms with Gasteiger partial charge in [0.25, 0.3) is 0 Å². The first-order valence-electron chi connectivity index (χ1n) is 6.67. The molecule has 0 aliphatic heterocycles. The van der Waals surface area contributed by atoms with Crippen molar-refractivity contribution in [2.45, 2.75) is 24.8 Å². The van der Waals surface area contributed by atoms with Crippen LogP contribution in [0.15, 0.2) is 18.2 Å². The third kappa shape index (κ3) is 3.04. The van der Waals surface area contributed by atoms with Gasteiger partial charge in [-0.15, -0.1) is 0 Å². The molecule has 110 valence electrons. The van der Waals surface area contributed by atoms with Crippen LogP contribution in [0.4, 0.5) is 0 Å². The van der Waals surface area contributed by atoms with Crippen LogP contribution in [0.2, 0.25) is 0 Å². The fourth-order valence-electron chi connectivity index (χ4n) is 2.27. The molecule has 0 unspecified atom stereocenters. The summed E-state index contributed by atoms with van der Waals surface area (Å²) in [6.45, 7) is 0.438. The van der Waals surface area contributed by atoms with Crippen LogP contribution < -0.4 is 14.8 Å². The second-order valence-corrected chi connectivity index (χ2v) is 4.94. The van der Waals surface area contributed by atoms with Crippen molar-refractivity contribution in [3.8, 4) is 11.5 Å². The molecule has 0 heterocycles. The van der Waals surface area contributed by atoms with E-state index in [1.807, 2.05) is 18.2 Å². The number of methoxy groups -OCH3 is 3. The molecule has 0 saturated heterocycles. The molecule has 1 aliphatic rings. The number of hydrogen-bond acceptors (Lipinski definition) is 4. The minimum absolute atomic E-state index is 0.0131. The zero-order chi connectivity index (χ0) is 14.6. The van der Waals surface area contributed by atoms with E-state index < -0.39 is 0 Å². The Balaban J connectivity index is 2.12. The summed E-state index contributed by atoms with van der Waals surface area (Å²) in [5.74, 6) is 1.39. The number of carbonyl (C=O) groups is 1. The second kappa shape index (κ2) is 6.13. The van der Waals surface area contributed by atoms with Gasteiger partial charge < -0.3 is 19.5 Å². The summed E-state index contributed by atoms with van der Waals surface area (Å²) in [5.41, 5.74) is 0.811. The summed E-state index contributed by atoms with van der Waals surface area (Å²) >= 11 is 0. The number of rotatable bonds is 7. The van der Waals surface area contributed by atoms with E-state index in [1.54, 1.807) is 21.3 Å². The highest BCUT2D eigenvalue weighted by atomic mass is 16.5. The van der Waals surface area contributed by atoms with Gasteiger partial charge in [0.1, 0.15) is 0 Å². The Labute approximate surface area is 119 Å². The smallest absolute Gasteiger partial charge is 0.223 e. The number of carbonyl (C=O) groups excluding carboxylic acids is 1. The molecule has 20 heavy (non-hydrogen) atoms. The van der Waals surface area contributed by atoms with Crippen LogP contribution in [0.3, 0.4) is 0 Å². The zero-order valence-corrected chi connectivity index (χ0v) is 12.2. The first kappa shape index (κ1) is 14.7. The molecule has 1 aromatic carbocycles. The largest absolute Gasteiger partial charge is 0.493 e. The normalized spacial score (nSPS) is 15.6. The van der Waals surface area contributed by atoms with E-state index in [2.05, 4.69) is 5.32 Å². The van der Waals surface area contributed by atoms with E-state index in [0.29, 0.717) is 24.5 Å². The minimum atomic E-state index is -0.246. The SMILES string of the molecule is COCCC(=O)NC1(c2ccc(OC)c(OC)c2)CC1. The van der Waals surface area contributed by atoms with E-state index in [0.717, 1.165) is 18.4 Å². The molecule has 0 radical (unpaired) electrons. The maximum atomic E-state index is 11.9. The van der Waals surface area contributed by atoms with Gasteiger partial charge in [0, 0.05) is 13.5 Å². The minimum Gasteiger partial charge on any atom is -0.493 e. The average Bonchev–Trinajstić information content (AvgIpc) is 3.25. The lowest BCUT2D eigenvalue weighted by molar-refractivity contribution is -0.123. The zero-order valence-electron chi connectivity index (χ0n) is 12.2. The summed E-state index contributed by atoms with van der Waals surface area (Å²) < 4.78 is 15.5. The summed E-state index contributed by atoms with van der Waals surface area (Å²) in [7, 11) is 4.81. The Morgan fingerprint density at radius 3 is 2.45 bits per heavy atom. The predicted octanol–water partition coefficient (Wildman–Crippen LogP) is 1.85. The van der Waals surface area contributed by atoms with Gasteiger partial charge in [0.05, 0.1) is 26.4 Å². The molecular formula is C15H21NO4. The van der Waals surface area contributed by atoms with Crippen molar-refractivity contribution in [3.05, 3.63) is 23.8 Å². The Bertz CT molecular complexity index is 483. The Kier molecular flexibility index (Phi) is 4.49. The van der Waals surface area contributed by atoms with Crippen molar-refractivity contribution in [1.29, 1.82) is 0 Å². The molecule has 1 N–H and O–H groups in total. The predicted molar refractivity (Wildman–Crippen MR) is 75.1 cm³/mol. The van der Waals surface area contributed by atoms with Gasteiger partial charge in [-0.3, -0.25) is 4.79 Å². The number of nitrogens with one attached hydrogen (secondary N) is 1. The van der Waals surface area contributed by atoms with Crippen molar-refractivity contribution in [2.24, 2.45) is 0 Å². The summed E-state index contributed by atoms with van der Waals surface area (Å²) in [5, 5.41) is 3.09. The molecule has 2 rings (SSSR count). The van der Waals surface area contributed by atoms with Crippen LogP contribution in [-0.2, 0) is 15.1 Å². The highest BCUT2D eigenvalue weighted by Gasteiger charge is 2.45. The average molecular weight is 279 g/mol. The van der Waals surface area contributed by atoms with Crippen molar-refractivity contribution < 1.29 is 19.0 Å². The molecule has 1 saturated carbocycles. The highest BCUT2D eigenvalue weighted by Crippen LogP contribution is 2.47. The number of benzene rings is 1. The molecule has 1 aliphatic carbocycles. The number of ether oxygens (including phenoxy) is 3. The lowest BCUT2D eigenvalue weighted by atomic mass is 10.0. The summed E-state index contributed by atoms with van der Waals surface area (Å²) in [6, 6.07) is 5.78. The summed E-state index contributed by atoms with van der Waals surface area (Å²) in [6.07, 6.45) is 2.27. The van der Waals surface area contributed by atoms with Gasteiger partial charge in [-0.1, -0.05) is 6.07 Å². The molecule has 5 heteroatoms. The Morgan fingerprint density at radius 2 is 1.90 bits per heavy atom. The summed E-state index contributed by atoms with van der Waals surface area (Å²) in [4.78, 5) is 11.9. The van der Waals surface area contributed by atoms with Gasteiger partial charge in [-0.2, -0.15) is 0 Å². The second-order valence-electron chi connectivity index (χ2n) is 4.94. The first-order valence-corrected chi connectivity index (χ1v) is 6.67. The van der Waals surface area contributed by atoms with Crippen molar-refractivity contribution in [2.75, 3.05) is 27.9 Å². The molecule has 5 nitrogen and oxygen atoms in total. The van der Waals surface area contributed by atoms with Crippen molar-refractivity contribution in [3.63, 3.8) is 0 Å². The first-order chi connectivity index (χ1) is 9.65. The van der Waals surface area contributed by atoms with Crippen molar-refractivity contribution in [1.82, 2.24) is 5.32 Å². The standard InChI is InChI=1S/C15H21NO4/c1-18-9-6-14(17)16-15(7-8-15)11-4-5-12(19-2)13(10-11)20-3/h4-5,10H,6-9H2,1-3H3,(H,16,17). The maximum absolute atomic E-state index is 11.9. The van der Waals surface area contributed by atoms with Gasteiger partial charge in [-0.25, -0.2) is 0 Å². The van der Waals surface area contributed by atoms with Gasteiger partial charge >= 0.3 is 0 Å². The maximum Gasteiger partial charge on any atom is 0.223 e. The number of amides is 1. The van der Waals surface area contributed by atoms with Crippen LogP contribution >= 0.6 is 0 Å². The van der Waals surface area contributed by atoms with Crippen LogP contribution in [0, 0.1) is 0 Å². The molecule has 0 atom stereocenters. The number of hydrogen-bond donors (Lipinski definition) is 1. The van der Waals surface area contributed by atoms with E-state index >= 15 is 0 Å². The van der Waals surface area contributed by atoms with Crippen LogP contribution in [-0.4, -0.2) is 33.8 Å². The molecule has 0 aromatic heterocycles. The van der Waals surface area contributed by atoms with Crippen LogP contribution in [0.1, 0.15) is 24.8 Å². The molecule has 0 bridgehead atoms. The third-order valence-corrected chi connectivity index (χ3v) is 3.60. The monoisotopic (exact) mass is 279 g/mol. The molecule has 0 spiro atoms. The fraction of sp³-hybridized carbons (Fsp3) is 0.533.